The van der Waals surface area contributed by atoms with Crippen molar-refractivity contribution in [3.63, 3.8) is 0 Å². The van der Waals surface area contributed by atoms with E-state index in [4.69, 9.17) is 14.2 Å². The zero-order valence-electron chi connectivity index (χ0n) is 13.5. The van der Waals surface area contributed by atoms with E-state index < -0.39 is 0 Å². The van der Waals surface area contributed by atoms with Gasteiger partial charge in [-0.15, -0.1) is 0 Å². The van der Waals surface area contributed by atoms with E-state index in [1.165, 1.54) is 6.21 Å². The molecule has 2 aromatic carbocycles. The summed E-state index contributed by atoms with van der Waals surface area (Å²) in [5.41, 5.74) is 3.72. The van der Waals surface area contributed by atoms with Gasteiger partial charge < -0.3 is 14.2 Å². The molecule has 0 aliphatic rings. The standard InChI is InChI=1S/C17H17IN2O4/c1-22-13-6-4-12(16(9-13)24-3)10-19-20-17(21)11-5-7-15(23-2)14(18)8-11/h4-10H,1-3H3,(H,20,21)/b19-10+. The fourth-order valence-corrected chi connectivity index (χ4v) is 2.69. The number of amides is 1. The fraction of sp³-hybridized carbons (Fsp3) is 0.176. The van der Waals surface area contributed by atoms with E-state index >= 15 is 0 Å². The quantitative estimate of drug-likeness (QED) is 0.426. The highest BCUT2D eigenvalue weighted by Crippen LogP contribution is 2.23. The number of halogens is 1. The van der Waals surface area contributed by atoms with Crippen molar-refractivity contribution < 1.29 is 19.0 Å². The number of ether oxygens (including phenoxy) is 3. The van der Waals surface area contributed by atoms with Crippen molar-refractivity contribution in [3.05, 3.63) is 51.1 Å². The Labute approximate surface area is 153 Å². The number of carbonyl (C=O) groups excluding carboxylic acids is 1. The van der Waals surface area contributed by atoms with Crippen LogP contribution in [0, 0.1) is 3.57 Å². The SMILES string of the molecule is COc1ccc(/C=N/NC(=O)c2ccc(OC)c(I)c2)c(OC)c1. The Morgan fingerprint density at radius 2 is 1.79 bits per heavy atom. The normalized spacial score (nSPS) is 10.5. The van der Waals surface area contributed by atoms with Gasteiger partial charge in [0.2, 0.25) is 0 Å². The van der Waals surface area contributed by atoms with E-state index in [1.807, 2.05) is 0 Å². The van der Waals surface area contributed by atoms with Crippen LogP contribution in [0.3, 0.4) is 0 Å². The molecule has 0 aliphatic carbocycles. The van der Waals surface area contributed by atoms with Crippen LogP contribution in [0.25, 0.3) is 0 Å². The average molecular weight is 440 g/mol. The van der Waals surface area contributed by atoms with Crippen LogP contribution in [0.1, 0.15) is 15.9 Å². The second-order valence-electron chi connectivity index (χ2n) is 4.66. The summed E-state index contributed by atoms with van der Waals surface area (Å²) in [4.78, 5) is 12.1. The molecule has 0 aromatic heterocycles. The van der Waals surface area contributed by atoms with E-state index in [-0.39, 0.29) is 5.91 Å². The van der Waals surface area contributed by atoms with Crippen molar-refractivity contribution in [2.24, 2.45) is 5.10 Å². The summed E-state index contributed by atoms with van der Waals surface area (Å²) in [6, 6.07) is 10.5. The summed E-state index contributed by atoms with van der Waals surface area (Å²) in [6.45, 7) is 0. The number of nitrogens with one attached hydrogen (secondary N) is 1. The Bertz CT molecular complexity index is 762. The van der Waals surface area contributed by atoms with Gasteiger partial charge >= 0.3 is 0 Å². The van der Waals surface area contributed by atoms with Gasteiger partial charge in [0.25, 0.3) is 5.91 Å². The van der Waals surface area contributed by atoms with E-state index in [9.17, 15) is 4.79 Å². The van der Waals surface area contributed by atoms with Crippen molar-refractivity contribution in [3.8, 4) is 17.2 Å². The molecule has 0 unspecified atom stereocenters. The highest BCUT2D eigenvalue weighted by Gasteiger charge is 2.08. The third kappa shape index (κ3) is 4.38. The van der Waals surface area contributed by atoms with Gasteiger partial charge in [0.05, 0.1) is 31.1 Å². The monoisotopic (exact) mass is 440 g/mol. The molecule has 7 heteroatoms. The molecule has 6 nitrogen and oxygen atoms in total. The van der Waals surface area contributed by atoms with E-state index in [1.54, 1.807) is 57.7 Å². The van der Waals surface area contributed by atoms with E-state index in [2.05, 4.69) is 33.1 Å². The van der Waals surface area contributed by atoms with Crippen molar-refractivity contribution >= 4 is 34.7 Å². The number of hydrogen-bond acceptors (Lipinski definition) is 5. The molecule has 0 radical (unpaired) electrons. The molecule has 0 spiro atoms. The van der Waals surface area contributed by atoms with E-state index in [0.29, 0.717) is 17.1 Å². The summed E-state index contributed by atoms with van der Waals surface area (Å²) in [7, 11) is 4.73. The van der Waals surface area contributed by atoms with Crippen LogP contribution in [-0.2, 0) is 0 Å². The molecule has 126 valence electrons. The summed E-state index contributed by atoms with van der Waals surface area (Å²) >= 11 is 2.11. The van der Waals surface area contributed by atoms with Crippen LogP contribution in [0.15, 0.2) is 41.5 Å². The van der Waals surface area contributed by atoms with Crippen LogP contribution < -0.4 is 19.6 Å². The Morgan fingerprint density at radius 1 is 1.04 bits per heavy atom. The Morgan fingerprint density at radius 3 is 2.42 bits per heavy atom. The highest BCUT2D eigenvalue weighted by molar-refractivity contribution is 14.1. The predicted octanol–water partition coefficient (Wildman–Crippen LogP) is 3.08. The first-order valence-electron chi connectivity index (χ1n) is 6.98. The first-order valence-corrected chi connectivity index (χ1v) is 8.06. The smallest absolute Gasteiger partial charge is 0.271 e. The summed E-state index contributed by atoms with van der Waals surface area (Å²) in [5, 5.41) is 3.98. The fourth-order valence-electron chi connectivity index (χ4n) is 1.96. The molecule has 0 atom stereocenters. The zero-order valence-corrected chi connectivity index (χ0v) is 15.7. The number of carbonyl (C=O) groups is 1. The van der Waals surface area contributed by atoms with Gasteiger partial charge in [-0.1, -0.05) is 0 Å². The maximum atomic E-state index is 12.1. The van der Waals surface area contributed by atoms with Crippen molar-refractivity contribution in [2.45, 2.75) is 0 Å². The molecule has 0 fully saturated rings. The molecule has 0 aliphatic heterocycles. The number of rotatable bonds is 6. The molecule has 0 bridgehead atoms. The van der Waals surface area contributed by atoms with Crippen molar-refractivity contribution in [1.29, 1.82) is 0 Å². The van der Waals surface area contributed by atoms with Crippen molar-refractivity contribution in [2.75, 3.05) is 21.3 Å². The third-order valence-corrected chi connectivity index (χ3v) is 4.07. The molecule has 0 saturated heterocycles. The summed E-state index contributed by atoms with van der Waals surface area (Å²) in [5.74, 6) is 1.70. The number of benzene rings is 2. The number of hydrazone groups is 1. The second-order valence-corrected chi connectivity index (χ2v) is 5.82. The lowest BCUT2D eigenvalue weighted by atomic mass is 10.2. The topological polar surface area (TPSA) is 69.2 Å². The number of hydrogen-bond donors (Lipinski definition) is 1. The molecular formula is C17H17IN2O4. The minimum atomic E-state index is -0.306. The Balaban J connectivity index is 2.08. The number of methoxy groups -OCH3 is 3. The highest BCUT2D eigenvalue weighted by atomic mass is 127. The summed E-state index contributed by atoms with van der Waals surface area (Å²) in [6.07, 6.45) is 1.52. The maximum Gasteiger partial charge on any atom is 0.271 e. The maximum absolute atomic E-state index is 12.1. The van der Waals surface area contributed by atoms with Crippen LogP contribution >= 0.6 is 22.6 Å². The molecule has 2 aromatic rings. The lowest BCUT2D eigenvalue weighted by molar-refractivity contribution is 0.0955. The Hall–Kier alpha value is -2.29. The summed E-state index contributed by atoms with van der Waals surface area (Å²) < 4.78 is 16.4. The molecule has 1 N–H and O–H groups in total. The van der Waals surface area contributed by atoms with Crippen LogP contribution in [0.5, 0.6) is 17.2 Å². The molecule has 0 saturated carbocycles. The largest absolute Gasteiger partial charge is 0.497 e. The van der Waals surface area contributed by atoms with Crippen LogP contribution in [-0.4, -0.2) is 33.5 Å². The average Bonchev–Trinajstić information content (AvgIpc) is 2.61. The van der Waals surface area contributed by atoms with Gasteiger partial charge in [-0.05, 0) is 52.9 Å². The van der Waals surface area contributed by atoms with Crippen LogP contribution in [0.2, 0.25) is 0 Å². The molecule has 2 rings (SSSR count). The predicted molar refractivity (Wildman–Crippen MR) is 100 cm³/mol. The minimum Gasteiger partial charge on any atom is -0.497 e. The Kier molecular flexibility index (Phi) is 6.42. The van der Waals surface area contributed by atoms with Crippen LogP contribution in [0.4, 0.5) is 0 Å². The lowest BCUT2D eigenvalue weighted by Gasteiger charge is -2.07. The first kappa shape index (κ1) is 18.1. The third-order valence-electron chi connectivity index (χ3n) is 3.22. The van der Waals surface area contributed by atoms with Gasteiger partial charge in [-0.2, -0.15) is 5.10 Å². The zero-order chi connectivity index (χ0) is 17.5. The number of nitrogens with zero attached hydrogens (tertiary/aromatic N) is 1. The van der Waals surface area contributed by atoms with Gasteiger partial charge in [0.15, 0.2) is 0 Å². The van der Waals surface area contributed by atoms with Gasteiger partial charge in [-0.3, -0.25) is 4.79 Å². The van der Waals surface area contributed by atoms with Gasteiger partial charge in [-0.25, -0.2) is 5.43 Å². The minimum absolute atomic E-state index is 0.306. The first-order chi connectivity index (χ1) is 11.6. The molecule has 24 heavy (non-hydrogen) atoms. The molecule has 1 amide bonds. The van der Waals surface area contributed by atoms with E-state index in [0.717, 1.165) is 14.9 Å². The molecular weight excluding hydrogens is 423 g/mol. The van der Waals surface area contributed by atoms with Gasteiger partial charge in [0.1, 0.15) is 17.2 Å². The lowest BCUT2D eigenvalue weighted by Crippen LogP contribution is -2.17. The molecule has 0 heterocycles. The van der Waals surface area contributed by atoms with Crippen molar-refractivity contribution in [1.82, 2.24) is 5.43 Å². The van der Waals surface area contributed by atoms with Gasteiger partial charge in [0, 0.05) is 17.2 Å². The second kappa shape index (κ2) is 8.53.